The Morgan fingerprint density at radius 2 is 1.96 bits per heavy atom. The Morgan fingerprint density at radius 3 is 2.73 bits per heavy atom. The molecule has 23 heteroatoms. The van der Waals surface area contributed by atoms with Crippen molar-refractivity contribution >= 4 is 95.4 Å². The molecule has 7 aromatic rings. The van der Waals surface area contributed by atoms with Crippen LogP contribution in [0, 0.1) is 27.6 Å². The van der Waals surface area contributed by atoms with Crippen molar-refractivity contribution in [2.75, 3.05) is 55.3 Å². The Balaban J connectivity index is 0.759. The van der Waals surface area contributed by atoms with Crippen LogP contribution in [0.3, 0.4) is 0 Å². The number of carbonyl (C=O) groups is 2. The number of cyclic esters (lactones) is 1. The van der Waals surface area contributed by atoms with Crippen molar-refractivity contribution in [2.24, 2.45) is 0 Å². The molecule has 0 aliphatic carbocycles. The number of nitriles is 1. The minimum absolute atomic E-state index is 0.00823. The lowest BCUT2D eigenvalue weighted by Crippen LogP contribution is -2.55. The molecule has 3 saturated heterocycles. The molecule has 9 heterocycles. The Hall–Kier alpha value is -6.97. The molecule has 5 aliphatic rings. The van der Waals surface area contributed by atoms with Gasteiger partial charge in [-0.25, -0.2) is 22.9 Å². The number of nitrogens with two attached hydrogens (primary N) is 1. The molecule has 5 N–H and O–H groups in total. The molecule has 3 aromatic carbocycles. The van der Waals surface area contributed by atoms with E-state index < -0.39 is 59.4 Å². The molecule has 1 amide bonds. The maximum atomic E-state index is 17.5. The van der Waals surface area contributed by atoms with Crippen molar-refractivity contribution in [1.29, 1.82) is 5.26 Å². The number of rotatable bonds is 12. The van der Waals surface area contributed by atoms with E-state index in [0.717, 1.165) is 35.3 Å². The van der Waals surface area contributed by atoms with Crippen molar-refractivity contribution in [3.8, 4) is 34.6 Å². The molecule has 0 saturated carbocycles. The average molecular weight is 1130 g/mol. The van der Waals surface area contributed by atoms with Crippen molar-refractivity contribution in [1.82, 2.24) is 29.3 Å². The number of anilines is 3. The van der Waals surface area contributed by atoms with Crippen LogP contribution in [0.15, 0.2) is 60.7 Å². The summed E-state index contributed by atoms with van der Waals surface area (Å²) in [5, 5.41) is 36.6. The second kappa shape index (κ2) is 19.7. The normalized spacial score (nSPS) is 22.4. The number of amides is 1. The van der Waals surface area contributed by atoms with Crippen molar-refractivity contribution in [3.63, 3.8) is 0 Å². The van der Waals surface area contributed by atoms with Gasteiger partial charge >= 0.3 is 12.0 Å². The third-order valence-electron chi connectivity index (χ3n) is 16.4. The zero-order valence-corrected chi connectivity index (χ0v) is 45.4. The van der Waals surface area contributed by atoms with Crippen LogP contribution < -0.4 is 20.7 Å². The molecule has 408 valence electrons. The lowest BCUT2D eigenvalue weighted by molar-refractivity contribution is -0.172. The summed E-state index contributed by atoms with van der Waals surface area (Å²) in [5.74, 6) is -2.34. The number of alkyl halides is 1. The predicted octanol–water partition coefficient (Wildman–Crippen LogP) is 9.00. The topological polar surface area (TPSA) is 217 Å². The highest BCUT2D eigenvalue weighted by Gasteiger charge is 2.50. The van der Waals surface area contributed by atoms with Crippen LogP contribution in [-0.4, -0.2) is 121 Å². The fourth-order valence-electron chi connectivity index (χ4n) is 12.2. The number of hydrogen-bond acceptors (Lipinski definition) is 17. The van der Waals surface area contributed by atoms with E-state index in [1.165, 1.54) is 18.2 Å². The van der Waals surface area contributed by atoms with E-state index in [9.17, 15) is 29.5 Å². The number of ether oxygens (including phenoxy) is 3. The number of aliphatic hydroxyl groups excluding tert-OH is 1. The molecule has 6 atom stereocenters. The first-order chi connectivity index (χ1) is 37.8. The molecule has 1 unspecified atom stereocenters. The Labute approximate surface area is 464 Å². The minimum Gasteiger partial charge on any atom is -0.461 e. The number of benzene rings is 3. The van der Waals surface area contributed by atoms with Gasteiger partial charge in [0.15, 0.2) is 11.4 Å². The number of carbonyl (C=O) groups excluding carboxylic acids is 2. The van der Waals surface area contributed by atoms with Gasteiger partial charge in [0.25, 0.3) is 5.91 Å². The zero-order valence-electron chi connectivity index (χ0n) is 43.0. The van der Waals surface area contributed by atoms with Crippen molar-refractivity contribution in [3.05, 3.63) is 104 Å². The molecule has 0 bridgehead atoms. The second-order valence-corrected chi connectivity index (χ2v) is 22.8. The highest BCUT2D eigenvalue weighted by atomic mass is 35.5. The number of piperazine rings is 1. The first kappa shape index (κ1) is 52.7. The van der Waals surface area contributed by atoms with Crippen LogP contribution in [0.1, 0.15) is 68.7 Å². The van der Waals surface area contributed by atoms with E-state index in [1.807, 2.05) is 34.6 Å². The smallest absolute Gasteiger partial charge is 0.343 e. The van der Waals surface area contributed by atoms with Gasteiger partial charge in [-0.1, -0.05) is 43.4 Å². The second-order valence-electron chi connectivity index (χ2n) is 21.0. The molecule has 12 rings (SSSR count). The van der Waals surface area contributed by atoms with Crippen LogP contribution in [0.25, 0.3) is 54.4 Å². The van der Waals surface area contributed by atoms with Gasteiger partial charge < -0.3 is 49.8 Å². The maximum absolute atomic E-state index is 17.5. The number of esters is 1. The van der Waals surface area contributed by atoms with Gasteiger partial charge in [0.1, 0.15) is 52.2 Å². The SMILES string of the molecule is C=C(C(=O)N1CCN(c2nc(OC[C@@]34CCCN3C[C@H](F)C4)nc3c(F)c(-c4ccc(F)c5sc(N)c(C#N)c45)c(Cl)cc23)[C@@H](C)C1)[C@@H](C)OC(O)Nc1ccc2nc3c(cc2c1)Cn1c-3cc2c(c1=S)COC(=O)[C@]2(O)CC. The number of nitrogens with one attached hydrogen (secondary N) is 1. The van der Waals surface area contributed by atoms with Crippen LogP contribution in [0.2, 0.25) is 5.02 Å². The molecule has 5 aliphatic heterocycles. The van der Waals surface area contributed by atoms with E-state index in [1.54, 1.807) is 36.9 Å². The van der Waals surface area contributed by atoms with Gasteiger partial charge in [0, 0.05) is 88.3 Å². The van der Waals surface area contributed by atoms with Crippen LogP contribution in [0.4, 0.5) is 29.7 Å². The molecule has 17 nitrogen and oxygen atoms in total. The molecule has 79 heavy (non-hydrogen) atoms. The standard InChI is InChI=1S/C56H52ClF3N10O7S2/c1-5-56(74)37-18-41-45-30(22-70(41)51(78)36(37)24-75-52(56)72)15-29-16-32(7-10-40(29)64-45)63-54(73)77-28(4)27(3)50(71)67-13-14-69(26(2)21-67)49-34-17-38(57)43(33-8-9-39(59)47-42(33)35(20-61)48(62)79-47)44(60)46(34)65-53(66-49)76-25-55-11-6-12-68(55)23-31(58)19-55/h7-10,15-18,26,28,31,54,63,73-74H,3,5-6,11-14,19,21-25,62H2,1-2,4H3/t26-,28+,31+,54?,55-,56-/m0/s1. The molecule has 3 fully saturated rings. The van der Waals surface area contributed by atoms with Crippen LogP contribution in [0.5, 0.6) is 6.01 Å². The fraction of sp³-hybridized carbons (Fsp3) is 0.375. The number of nitrogen functional groups attached to an aromatic ring is 1. The zero-order chi connectivity index (χ0) is 55.6. The third kappa shape index (κ3) is 8.63. The Morgan fingerprint density at radius 1 is 1.15 bits per heavy atom. The number of aliphatic hydroxyl groups is 2. The predicted molar refractivity (Wildman–Crippen MR) is 295 cm³/mol. The highest BCUT2D eigenvalue weighted by Crippen LogP contribution is 2.47. The van der Waals surface area contributed by atoms with Gasteiger partial charge in [-0.2, -0.15) is 15.2 Å². The summed E-state index contributed by atoms with van der Waals surface area (Å²) in [5.41, 5.74) is 8.11. The number of hydrogen-bond donors (Lipinski definition) is 4. The number of aromatic nitrogens is 4. The molecule has 0 radical (unpaired) electrons. The number of pyridine rings is 2. The summed E-state index contributed by atoms with van der Waals surface area (Å²) in [6.45, 7) is 11.3. The summed E-state index contributed by atoms with van der Waals surface area (Å²) < 4.78 is 67.5. The monoisotopic (exact) mass is 1130 g/mol. The van der Waals surface area contributed by atoms with Crippen LogP contribution >= 0.6 is 35.2 Å². The Bertz CT molecular complexity index is 3900. The van der Waals surface area contributed by atoms with E-state index in [4.69, 9.17) is 53.7 Å². The van der Waals surface area contributed by atoms with E-state index in [2.05, 4.69) is 21.8 Å². The molecule has 0 spiro atoms. The van der Waals surface area contributed by atoms with Gasteiger partial charge in [-0.15, -0.1) is 11.3 Å². The van der Waals surface area contributed by atoms with E-state index in [0.29, 0.717) is 57.9 Å². The lowest BCUT2D eigenvalue weighted by Gasteiger charge is -2.41. The van der Waals surface area contributed by atoms with Gasteiger partial charge in [-0.3, -0.25) is 9.69 Å². The molecular formula is C56H52ClF3N10O7S2. The highest BCUT2D eigenvalue weighted by molar-refractivity contribution is 7.71. The molecular weight excluding hydrogens is 1080 g/mol. The number of fused-ring (bicyclic) bond motifs is 8. The van der Waals surface area contributed by atoms with Gasteiger partial charge in [0.05, 0.1) is 50.4 Å². The quantitative estimate of drug-likeness (QED) is 0.0388. The van der Waals surface area contributed by atoms with Gasteiger partial charge in [-0.05, 0) is 87.7 Å². The van der Waals surface area contributed by atoms with E-state index in [-0.39, 0.29) is 111 Å². The maximum Gasteiger partial charge on any atom is 0.343 e. The summed E-state index contributed by atoms with van der Waals surface area (Å²) in [6, 6.07) is 14.6. The van der Waals surface area contributed by atoms with Gasteiger partial charge in [0.2, 0.25) is 6.41 Å². The average Bonchev–Trinajstić information content (AvgIpc) is 4.38. The van der Waals surface area contributed by atoms with Crippen molar-refractivity contribution in [2.45, 2.75) is 95.5 Å². The van der Waals surface area contributed by atoms with Crippen LogP contribution in [-0.2, 0) is 37.8 Å². The number of halogens is 4. The first-order valence-corrected chi connectivity index (χ1v) is 27.5. The number of nitrogens with zero attached hydrogens (tertiary/aromatic N) is 8. The third-order valence-corrected chi connectivity index (χ3v) is 18.1. The van der Waals surface area contributed by atoms with E-state index >= 15 is 8.78 Å². The number of thiophene rings is 1. The molecule has 4 aromatic heterocycles. The fourth-order valence-corrected chi connectivity index (χ4v) is 13.8. The lowest BCUT2D eigenvalue weighted by atomic mass is 9.86. The minimum atomic E-state index is -1.82. The first-order valence-electron chi connectivity index (χ1n) is 25.9. The summed E-state index contributed by atoms with van der Waals surface area (Å²) in [4.78, 5) is 46.8. The van der Waals surface area contributed by atoms with Crippen molar-refractivity contribution < 1.29 is 47.2 Å². The Kier molecular flexibility index (Phi) is 13.1. The summed E-state index contributed by atoms with van der Waals surface area (Å²) >= 11 is 13.7. The summed E-state index contributed by atoms with van der Waals surface area (Å²) in [7, 11) is 0. The largest absolute Gasteiger partial charge is 0.461 e. The summed E-state index contributed by atoms with van der Waals surface area (Å²) in [6.07, 6.45) is -1.55.